The summed E-state index contributed by atoms with van der Waals surface area (Å²) in [4.78, 5) is 0. The molecule has 0 unspecified atom stereocenters. The average molecular weight is 182 g/mol. The Kier molecular flexibility index (Phi) is 1.67. The molecule has 0 heterocycles. The van der Waals surface area contributed by atoms with Crippen LogP contribution in [0.25, 0.3) is 0 Å². The van der Waals surface area contributed by atoms with Gasteiger partial charge >= 0.3 is 0 Å². The van der Waals surface area contributed by atoms with E-state index in [4.69, 9.17) is 17.3 Å². The SMILES string of the molecule is Cc1c(Cl)cccc1C1(N)CC1. The Bertz CT molecular complexity index is 316. The Labute approximate surface area is 77.5 Å². The normalized spacial score (nSPS) is 19.2. The largest absolute Gasteiger partial charge is 0.321 e. The van der Waals surface area contributed by atoms with Crippen LogP contribution in [0.4, 0.5) is 0 Å². The van der Waals surface area contributed by atoms with Crippen molar-refractivity contribution in [2.45, 2.75) is 25.3 Å². The Morgan fingerprint density at radius 3 is 2.67 bits per heavy atom. The summed E-state index contributed by atoms with van der Waals surface area (Å²) in [6, 6.07) is 5.96. The van der Waals surface area contributed by atoms with E-state index in [0.717, 1.165) is 23.4 Å². The van der Waals surface area contributed by atoms with E-state index in [1.165, 1.54) is 5.56 Å². The lowest BCUT2D eigenvalue weighted by atomic mass is 10.0. The highest BCUT2D eigenvalue weighted by molar-refractivity contribution is 6.31. The van der Waals surface area contributed by atoms with Crippen molar-refractivity contribution >= 4 is 11.6 Å². The summed E-state index contributed by atoms with van der Waals surface area (Å²) in [6.07, 6.45) is 2.18. The molecular weight excluding hydrogens is 170 g/mol. The van der Waals surface area contributed by atoms with Crippen LogP contribution in [0, 0.1) is 6.92 Å². The van der Waals surface area contributed by atoms with Crippen molar-refractivity contribution in [1.82, 2.24) is 0 Å². The fourth-order valence-electron chi connectivity index (χ4n) is 1.55. The highest BCUT2D eigenvalue weighted by atomic mass is 35.5. The van der Waals surface area contributed by atoms with Crippen molar-refractivity contribution < 1.29 is 0 Å². The second-order valence-corrected chi connectivity index (χ2v) is 3.98. The van der Waals surface area contributed by atoms with E-state index < -0.39 is 0 Å². The average Bonchev–Trinajstić information content (AvgIpc) is 2.75. The molecule has 0 amide bonds. The Hall–Kier alpha value is -0.530. The molecule has 1 aromatic carbocycles. The van der Waals surface area contributed by atoms with Crippen LogP contribution < -0.4 is 5.73 Å². The molecule has 0 bridgehead atoms. The molecule has 0 atom stereocenters. The number of rotatable bonds is 1. The summed E-state index contributed by atoms with van der Waals surface area (Å²) in [7, 11) is 0. The van der Waals surface area contributed by atoms with E-state index in [2.05, 4.69) is 6.07 Å². The van der Waals surface area contributed by atoms with Gasteiger partial charge in [-0.15, -0.1) is 0 Å². The Balaban J connectivity index is 2.51. The van der Waals surface area contributed by atoms with Crippen LogP contribution in [-0.4, -0.2) is 0 Å². The van der Waals surface area contributed by atoms with Crippen LogP contribution in [0.3, 0.4) is 0 Å². The first-order chi connectivity index (χ1) is 5.63. The number of benzene rings is 1. The van der Waals surface area contributed by atoms with Gasteiger partial charge in [0.15, 0.2) is 0 Å². The van der Waals surface area contributed by atoms with E-state index in [0.29, 0.717) is 0 Å². The number of hydrogen-bond acceptors (Lipinski definition) is 1. The van der Waals surface area contributed by atoms with Gasteiger partial charge in [0.2, 0.25) is 0 Å². The summed E-state index contributed by atoms with van der Waals surface area (Å²) in [6.45, 7) is 2.03. The van der Waals surface area contributed by atoms with E-state index in [1.807, 2.05) is 19.1 Å². The van der Waals surface area contributed by atoms with E-state index in [1.54, 1.807) is 0 Å². The molecule has 0 radical (unpaired) electrons. The molecule has 1 saturated carbocycles. The molecular formula is C10H12ClN. The second-order valence-electron chi connectivity index (χ2n) is 3.57. The van der Waals surface area contributed by atoms with Gasteiger partial charge in [-0.3, -0.25) is 0 Å². The molecule has 0 aliphatic heterocycles. The number of halogens is 1. The van der Waals surface area contributed by atoms with Gasteiger partial charge in [-0.2, -0.15) is 0 Å². The zero-order valence-corrected chi connectivity index (χ0v) is 7.86. The van der Waals surface area contributed by atoms with Crippen LogP contribution in [0.2, 0.25) is 5.02 Å². The van der Waals surface area contributed by atoms with Gasteiger partial charge in [0, 0.05) is 10.6 Å². The quantitative estimate of drug-likeness (QED) is 0.708. The second kappa shape index (κ2) is 2.48. The maximum absolute atomic E-state index is 6.08. The molecule has 2 rings (SSSR count). The molecule has 64 valence electrons. The minimum atomic E-state index is -0.0605. The minimum Gasteiger partial charge on any atom is -0.321 e. The van der Waals surface area contributed by atoms with Gasteiger partial charge in [0.1, 0.15) is 0 Å². The summed E-state index contributed by atoms with van der Waals surface area (Å²) < 4.78 is 0. The zero-order chi connectivity index (χ0) is 8.77. The number of nitrogens with two attached hydrogens (primary N) is 1. The van der Waals surface area contributed by atoms with Gasteiger partial charge < -0.3 is 5.73 Å². The summed E-state index contributed by atoms with van der Waals surface area (Å²) in [5.41, 5.74) is 8.37. The van der Waals surface area contributed by atoms with Crippen molar-refractivity contribution in [2.24, 2.45) is 5.73 Å². The maximum Gasteiger partial charge on any atom is 0.0438 e. The summed E-state index contributed by atoms with van der Waals surface area (Å²) in [5, 5.41) is 0.823. The monoisotopic (exact) mass is 181 g/mol. The molecule has 2 heteroatoms. The molecule has 0 aromatic heterocycles. The Morgan fingerprint density at radius 2 is 2.08 bits per heavy atom. The van der Waals surface area contributed by atoms with Crippen molar-refractivity contribution in [3.8, 4) is 0 Å². The molecule has 1 fully saturated rings. The van der Waals surface area contributed by atoms with Crippen molar-refractivity contribution in [2.75, 3.05) is 0 Å². The molecule has 0 spiro atoms. The summed E-state index contributed by atoms with van der Waals surface area (Å²) in [5.74, 6) is 0. The first kappa shape index (κ1) is 8.09. The molecule has 1 nitrogen and oxygen atoms in total. The zero-order valence-electron chi connectivity index (χ0n) is 7.10. The van der Waals surface area contributed by atoms with Crippen molar-refractivity contribution in [3.63, 3.8) is 0 Å². The van der Waals surface area contributed by atoms with Crippen LogP contribution in [-0.2, 0) is 5.54 Å². The molecule has 2 N–H and O–H groups in total. The molecule has 12 heavy (non-hydrogen) atoms. The van der Waals surface area contributed by atoms with E-state index in [9.17, 15) is 0 Å². The van der Waals surface area contributed by atoms with Crippen molar-refractivity contribution in [1.29, 1.82) is 0 Å². The lowest BCUT2D eigenvalue weighted by Gasteiger charge is -2.13. The van der Waals surface area contributed by atoms with Gasteiger partial charge in [-0.1, -0.05) is 23.7 Å². The third-order valence-corrected chi connectivity index (χ3v) is 3.00. The molecule has 1 aliphatic carbocycles. The van der Waals surface area contributed by atoms with Gasteiger partial charge in [-0.25, -0.2) is 0 Å². The van der Waals surface area contributed by atoms with Crippen LogP contribution in [0.15, 0.2) is 18.2 Å². The fraction of sp³-hybridized carbons (Fsp3) is 0.400. The first-order valence-corrected chi connectivity index (χ1v) is 4.56. The third-order valence-electron chi connectivity index (χ3n) is 2.59. The van der Waals surface area contributed by atoms with Gasteiger partial charge in [-0.05, 0) is 37.0 Å². The van der Waals surface area contributed by atoms with Gasteiger partial charge in [0.25, 0.3) is 0 Å². The van der Waals surface area contributed by atoms with Crippen molar-refractivity contribution in [3.05, 3.63) is 34.3 Å². The fourth-order valence-corrected chi connectivity index (χ4v) is 1.73. The molecule has 1 aromatic rings. The predicted molar refractivity (Wildman–Crippen MR) is 51.3 cm³/mol. The minimum absolute atomic E-state index is 0.0605. The van der Waals surface area contributed by atoms with Crippen LogP contribution >= 0.6 is 11.6 Å². The van der Waals surface area contributed by atoms with Gasteiger partial charge in [0.05, 0.1) is 0 Å². The van der Waals surface area contributed by atoms with E-state index >= 15 is 0 Å². The molecule has 0 saturated heterocycles. The topological polar surface area (TPSA) is 26.0 Å². The standard InChI is InChI=1S/C10H12ClN/c1-7-8(10(12)5-6-10)3-2-4-9(7)11/h2-4H,5-6,12H2,1H3. The lowest BCUT2D eigenvalue weighted by Crippen LogP contribution is -2.19. The molecule has 1 aliphatic rings. The lowest BCUT2D eigenvalue weighted by molar-refractivity contribution is 0.733. The first-order valence-electron chi connectivity index (χ1n) is 4.18. The number of hydrogen-bond donors (Lipinski definition) is 1. The highest BCUT2D eigenvalue weighted by Gasteiger charge is 2.41. The van der Waals surface area contributed by atoms with E-state index in [-0.39, 0.29) is 5.54 Å². The Morgan fingerprint density at radius 1 is 1.42 bits per heavy atom. The smallest absolute Gasteiger partial charge is 0.0438 e. The van der Waals surface area contributed by atoms with Crippen LogP contribution in [0.1, 0.15) is 24.0 Å². The highest BCUT2D eigenvalue weighted by Crippen LogP contribution is 2.44. The van der Waals surface area contributed by atoms with Crippen LogP contribution in [0.5, 0.6) is 0 Å². The summed E-state index contributed by atoms with van der Waals surface area (Å²) >= 11 is 5.99. The third kappa shape index (κ3) is 1.13. The predicted octanol–water partition coefficient (Wildman–Crippen LogP) is 2.60. The maximum atomic E-state index is 6.08.